The summed E-state index contributed by atoms with van der Waals surface area (Å²) in [6.07, 6.45) is 0.864. The van der Waals surface area contributed by atoms with E-state index in [1.165, 1.54) is 6.07 Å². The summed E-state index contributed by atoms with van der Waals surface area (Å²) < 4.78 is 26.4. The fourth-order valence-corrected chi connectivity index (χ4v) is 1.29. The predicted molar refractivity (Wildman–Crippen MR) is 54.2 cm³/mol. The van der Waals surface area contributed by atoms with Gasteiger partial charge in [0.1, 0.15) is 18.2 Å². The highest BCUT2D eigenvalue weighted by molar-refractivity contribution is 6.02. The number of halogens is 2. The number of carbonyl (C=O) groups excluding carboxylic acids is 2. The highest BCUT2D eigenvalue weighted by Crippen LogP contribution is 2.10. The van der Waals surface area contributed by atoms with Gasteiger partial charge in [0.05, 0.1) is 11.8 Å². The van der Waals surface area contributed by atoms with Crippen molar-refractivity contribution >= 4 is 18.2 Å². The Balaban J connectivity index is 2.21. The molecule has 0 saturated carbocycles. The summed E-state index contributed by atoms with van der Waals surface area (Å²) in [4.78, 5) is 21.9. The molecule has 3 amide bonds. The van der Waals surface area contributed by atoms with Crippen LogP contribution in [0.4, 0.5) is 13.6 Å². The number of nitrogens with one attached hydrogen (secondary N) is 1. The average Bonchev–Trinajstić information content (AvgIpc) is 2.57. The van der Waals surface area contributed by atoms with Gasteiger partial charge in [0.2, 0.25) is 5.91 Å². The molecule has 17 heavy (non-hydrogen) atoms. The first-order chi connectivity index (χ1) is 8.08. The first-order valence-electron chi connectivity index (χ1n) is 4.67. The molecular weight excluding hydrogens is 232 g/mol. The summed E-state index contributed by atoms with van der Waals surface area (Å²) in [5.41, 5.74) is -0.361. The second kappa shape index (κ2) is 4.28. The van der Waals surface area contributed by atoms with E-state index in [0.29, 0.717) is 0 Å². The minimum absolute atomic E-state index is 0.259. The van der Waals surface area contributed by atoms with Crippen molar-refractivity contribution in [1.82, 2.24) is 10.3 Å². The number of nitrogens with zero attached hydrogens (tertiary/aromatic N) is 2. The van der Waals surface area contributed by atoms with E-state index in [4.69, 9.17) is 0 Å². The Morgan fingerprint density at radius 2 is 1.94 bits per heavy atom. The number of rotatable bonds is 2. The molecule has 1 saturated heterocycles. The fraction of sp³-hybridized carbons (Fsp3) is 0.100. The van der Waals surface area contributed by atoms with Gasteiger partial charge in [-0.2, -0.15) is 5.10 Å². The zero-order chi connectivity index (χ0) is 12.4. The number of carbonyl (C=O) groups is 2. The maximum atomic E-state index is 13.2. The van der Waals surface area contributed by atoms with Gasteiger partial charge in [-0.05, 0) is 12.1 Å². The molecule has 5 nitrogen and oxygen atoms in total. The summed E-state index contributed by atoms with van der Waals surface area (Å²) in [5.74, 6) is -2.10. The Morgan fingerprint density at radius 3 is 2.47 bits per heavy atom. The normalized spacial score (nSPS) is 15.8. The van der Waals surface area contributed by atoms with Crippen LogP contribution in [0, 0.1) is 11.6 Å². The van der Waals surface area contributed by atoms with Gasteiger partial charge in [0.15, 0.2) is 0 Å². The van der Waals surface area contributed by atoms with Gasteiger partial charge >= 0.3 is 6.03 Å². The smallest absolute Gasteiger partial charge is 0.275 e. The highest BCUT2D eigenvalue weighted by Gasteiger charge is 2.26. The lowest BCUT2D eigenvalue weighted by molar-refractivity contribution is -0.118. The van der Waals surface area contributed by atoms with Crippen LogP contribution in [0.1, 0.15) is 5.56 Å². The van der Waals surface area contributed by atoms with Gasteiger partial charge in [-0.15, -0.1) is 0 Å². The van der Waals surface area contributed by atoms with Crippen LogP contribution in [-0.2, 0) is 4.79 Å². The maximum absolute atomic E-state index is 13.2. The number of urea groups is 1. The van der Waals surface area contributed by atoms with Crippen molar-refractivity contribution in [3.8, 4) is 0 Å². The lowest BCUT2D eigenvalue weighted by atomic mass is 10.2. The number of amides is 3. The Hall–Kier alpha value is -2.31. The summed E-state index contributed by atoms with van der Waals surface area (Å²) in [6.45, 7) is -0.259. The van der Waals surface area contributed by atoms with Crippen molar-refractivity contribution in [1.29, 1.82) is 0 Å². The van der Waals surface area contributed by atoms with Crippen molar-refractivity contribution in [2.24, 2.45) is 5.10 Å². The predicted octanol–water partition coefficient (Wildman–Crippen LogP) is 0.851. The lowest BCUT2D eigenvalue weighted by Gasteiger charge is -2.04. The van der Waals surface area contributed by atoms with Crippen molar-refractivity contribution in [2.75, 3.05) is 6.54 Å². The number of hydrazone groups is 1. The largest absolute Gasteiger partial charge is 0.344 e. The summed E-state index contributed by atoms with van der Waals surface area (Å²) in [7, 11) is 0. The molecule has 0 radical (unpaired) electrons. The van der Waals surface area contributed by atoms with E-state index < -0.39 is 23.6 Å². The summed E-state index contributed by atoms with van der Waals surface area (Å²) >= 11 is 0. The third kappa shape index (κ3) is 2.27. The molecule has 1 heterocycles. The van der Waals surface area contributed by atoms with Crippen LogP contribution in [0.2, 0.25) is 0 Å². The van der Waals surface area contributed by atoms with E-state index in [1.807, 2.05) is 5.32 Å². The standard InChI is InChI=1S/C10H7F2N3O2/c11-7-2-1-3-8(12)6(7)4-13-15-5-9(16)14-10(15)17/h1-4H,5H2,(H,14,16,17). The molecule has 1 aliphatic rings. The topological polar surface area (TPSA) is 61.8 Å². The minimum atomic E-state index is -0.792. The average molecular weight is 239 g/mol. The molecule has 1 fully saturated rings. The van der Waals surface area contributed by atoms with Crippen molar-refractivity contribution in [2.45, 2.75) is 0 Å². The molecule has 1 aliphatic heterocycles. The Labute approximate surface area is 94.7 Å². The highest BCUT2D eigenvalue weighted by atomic mass is 19.1. The van der Waals surface area contributed by atoms with Gasteiger partial charge in [-0.25, -0.2) is 18.6 Å². The number of hydrogen-bond acceptors (Lipinski definition) is 3. The van der Waals surface area contributed by atoms with Gasteiger partial charge < -0.3 is 0 Å². The van der Waals surface area contributed by atoms with Crippen molar-refractivity contribution in [3.63, 3.8) is 0 Å². The van der Waals surface area contributed by atoms with Crippen LogP contribution in [0.5, 0.6) is 0 Å². The molecule has 2 rings (SSSR count). The van der Waals surface area contributed by atoms with Crippen LogP contribution >= 0.6 is 0 Å². The second-order valence-electron chi connectivity index (χ2n) is 3.29. The van der Waals surface area contributed by atoms with Crippen LogP contribution in [0.3, 0.4) is 0 Å². The van der Waals surface area contributed by atoms with Crippen LogP contribution in [-0.4, -0.2) is 29.7 Å². The number of benzene rings is 1. The molecule has 88 valence electrons. The lowest BCUT2D eigenvalue weighted by Crippen LogP contribution is -2.24. The molecule has 0 bridgehead atoms. The molecule has 1 aromatic rings. The Morgan fingerprint density at radius 1 is 1.29 bits per heavy atom. The van der Waals surface area contributed by atoms with E-state index in [0.717, 1.165) is 23.4 Å². The van der Waals surface area contributed by atoms with E-state index >= 15 is 0 Å². The Bertz CT molecular complexity index is 496. The summed E-state index contributed by atoms with van der Waals surface area (Å²) in [5, 5.41) is 6.31. The molecule has 0 atom stereocenters. The van der Waals surface area contributed by atoms with Crippen LogP contribution < -0.4 is 5.32 Å². The van der Waals surface area contributed by atoms with Gasteiger partial charge in [-0.3, -0.25) is 10.1 Å². The molecule has 0 unspecified atom stereocenters. The molecule has 0 aliphatic carbocycles. The van der Waals surface area contributed by atoms with Gasteiger partial charge in [0.25, 0.3) is 0 Å². The van der Waals surface area contributed by atoms with E-state index in [-0.39, 0.29) is 12.1 Å². The van der Waals surface area contributed by atoms with Crippen molar-refractivity contribution < 1.29 is 18.4 Å². The third-order valence-corrected chi connectivity index (χ3v) is 2.10. The summed E-state index contributed by atoms with van der Waals surface area (Å²) in [6, 6.07) is 2.64. The zero-order valence-electron chi connectivity index (χ0n) is 8.48. The minimum Gasteiger partial charge on any atom is -0.275 e. The molecule has 1 aromatic carbocycles. The molecular formula is C10H7F2N3O2. The first kappa shape index (κ1) is 11.2. The molecule has 1 N–H and O–H groups in total. The second-order valence-corrected chi connectivity index (χ2v) is 3.29. The van der Waals surface area contributed by atoms with E-state index in [1.54, 1.807) is 0 Å². The monoisotopic (exact) mass is 239 g/mol. The third-order valence-electron chi connectivity index (χ3n) is 2.10. The maximum Gasteiger partial charge on any atom is 0.344 e. The fourth-order valence-electron chi connectivity index (χ4n) is 1.29. The van der Waals surface area contributed by atoms with E-state index in [9.17, 15) is 18.4 Å². The van der Waals surface area contributed by atoms with E-state index in [2.05, 4.69) is 5.10 Å². The number of imide groups is 1. The SMILES string of the molecule is O=C1CN(N=Cc2c(F)cccc2F)C(=O)N1. The molecule has 7 heteroatoms. The van der Waals surface area contributed by atoms with Gasteiger partial charge in [0, 0.05) is 0 Å². The number of hydrogen-bond donors (Lipinski definition) is 1. The zero-order valence-corrected chi connectivity index (χ0v) is 8.48. The van der Waals surface area contributed by atoms with Crippen LogP contribution in [0.15, 0.2) is 23.3 Å². The molecule has 0 aromatic heterocycles. The van der Waals surface area contributed by atoms with Gasteiger partial charge in [-0.1, -0.05) is 6.07 Å². The molecule has 0 spiro atoms. The Kier molecular flexibility index (Phi) is 2.82. The van der Waals surface area contributed by atoms with Crippen molar-refractivity contribution in [3.05, 3.63) is 35.4 Å². The van der Waals surface area contributed by atoms with Crippen LogP contribution in [0.25, 0.3) is 0 Å². The quantitative estimate of drug-likeness (QED) is 0.614. The first-order valence-corrected chi connectivity index (χ1v) is 4.67.